The molecule has 0 atom stereocenters. The van der Waals surface area contributed by atoms with E-state index in [4.69, 9.17) is 21.1 Å². The number of hydrogen-bond donors (Lipinski definition) is 0. The van der Waals surface area contributed by atoms with E-state index in [9.17, 15) is 0 Å². The highest BCUT2D eigenvalue weighted by Gasteiger charge is 2.07. The lowest BCUT2D eigenvalue weighted by molar-refractivity contribution is 0.303. The fourth-order valence-electron chi connectivity index (χ4n) is 2.91. The number of ether oxygens (including phenoxy) is 2. The summed E-state index contributed by atoms with van der Waals surface area (Å²) in [4.78, 5) is 0. The Morgan fingerprint density at radius 3 is 1.76 bits per heavy atom. The number of unbranched alkanes of at least 4 members (excludes halogenated alkanes) is 6. The fraction of sp³-hybridized carbons (Fsp3) is 0.545. The highest BCUT2D eigenvalue weighted by Crippen LogP contribution is 2.33. The minimum Gasteiger partial charge on any atom is -0.493 e. The fourth-order valence-corrected chi connectivity index (χ4v) is 3.10. The number of rotatable bonds is 13. The average molecular weight is 363 g/mol. The monoisotopic (exact) mass is 362 g/mol. The van der Waals surface area contributed by atoms with Crippen LogP contribution in [-0.4, -0.2) is 19.1 Å². The smallest absolute Gasteiger partial charge is 0.127 e. The van der Waals surface area contributed by atoms with Gasteiger partial charge in [0.2, 0.25) is 0 Å². The van der Waals surface area contributed by atoms with E-state index in [1.807, 2.05) is 12.1 Å². The summed E-state index contributed by atoms with van der Waals surface area (Å²) in [6, 6.07) is 12.4. The first-order valence-corrected chi connectivity index (χ1v) is 10.2. The molecule has 2 aromatic carbocycles. The van der Waals surface area contributed by atoms with Crippen molar-refractivity contribution in [1.29, 1.82) is 0 Å². The molecule has 0 aliphatic rings. The summed E-state index contributed by atoms with van der Waals surface area (Å²) in [6.07, 6.45) is 9.47. The molecule has 0 bridgehead atoms. The van der Waals surface area contributed by atoms with Crippen LogP contribution in [0.3, 0.4) is 0 Å². The number of hydrogen-bond acceptors (Lipinski definition) is 2. The van der Waals surface area contributed by atoms with Crippen LogP contribution in [0.25, 0.3) is 10.8 Å². The van der Waals surface area contributed by atoms with Gasteiger partial charge in [-0.15, -0.1) is 11.6 Å². The van der Waals surface area contributed by atoms with Crippen molar-refractivity contribution in [2.45, 2.75) is 58.3 Å². The Hall–Kier alpha value is -1.41. The molecule has 0 aromatic heterocycles. The average Bonchev–Trinajstić information content (AvgIpc) is 2.65. The number of alkyl halides is 1. The van der Waals surface area contributed by atoms with Gasteiger partial charge in [-0.25, -0.2) is 0 Å². The van der Waals surface area contributed by atoms with Crippen LogP contribution in [0.15, 0.2) is 36.4 Å². The maximum Gasteiger partial charge on any atom is 0.127 e. The van der Waals surface area contributed by atoms with Gasteiger partial charge in [0.25, 0.3) is 0 Å². The third kappa shape index (κ3) is 6.78. The van der Waals surface area contributed by atoms with Crippen molar-refractivity contribution in [2.24, 2.45) is 0 Å². The molecule has 138 valence electrons. The Morgan fingerprint density at radius 1 is 0.680 bits per heavy atom. The molecule has 0 radical (unpaired) electrons. The molecular weight excluding hydrogens is 332 g/mol. The third-order valence-electron chi connectivity index (χ3n) is 4.39. The Kier molecular flexibility index (Phi) is 9.58. The van der Waals surface area contributed by atoms with Crippen molar-refractivity contribution < 1.29 is 9.47 Å². The molecule has 0 aliphatic heterocycles. The molecule has 3 heteroatoms. The lowest BCUT2D eigenvalue weighted by Crippen LogP contribution is -2.00. The highest BCUT2D eigenvalue weighted by atomic mass is 35.5. The van der Waals surface area contributed by atoms with Crippen LogP contribution in [0.5, 0.6) is 11.5 Å². The minimum absolute atomic E-state index is 0.768. The quantitative estimate of drug-likeness (QED) is 0.282. The number of halogens is 1. The van der Waals surface area contributed by atoms with Gasteiger partial charge in [0, 0.05) is 16.7 Å². The molecule has 0 fully saturated rings. The van der Waals surface area contributed by atoms with E-state index in [-0.39, 0.29) is 0 Å². The topological polar surface area (TPSA) is 18.5 Å². The molecule has 0 saturated carbocycles. The molecule has 0 amide bonds. The van der Waals surface area contributed by atoms with Gasteiger partial charge in [-0.1, -0.05) is 63.3 Å². The van der Waals surface area contributed by atoms with E-state index in [0.29, 0.717) is 0 Å². The van der Waals surface area contributed by atoms with Crippen molar-refractivity contribution in [2.75, 3.05) is 19.1 Å². The molecule has 0 heterocycles. The van der Waals surface area contributed by atoms with Crippen LogP contribution in [0.2, 0.25) is 0 Å². The molecule has 0 spiro atoms. The summed E-state index contributed by atoms with van der Waals surface area (Å²) >= 11 is 5.70. The van der Waals surface area contributed by atoms with Crippen LogP contribution in [0.1, 0.15) is 58.3 Å². The Labute approximate surface area is 157 Å². The van der Waals surface area contributed by atoms with Crippen LogP contribution >= 0.6 is 11.6 Å². The second kappa shape index (κ2) is 12.0. The van der Waals surface area contributed by atoms with E-state index in [1.54, 1.807) is 0 Å². The molecule has 0 aliphatic carbocycles. The summed E-state index contributed by atoms with van der Waals surface area (Å²) < 4.78 is 12.0. The zero-order valence-corrected chi connectivity index (χ0v) is 16.2. The van der Waals surface area contributed by atoms with Crippen molar-refractivity contribution in [3.8, 4) is 11.5 Å². The lowest BCUT2D eigenvalue weighted by Gasteiger charge is -2.13. The van der Waals surface area contributed by atoms with Crippen molar-refractivity contribution in [3.05, 3.63) is 36.4 Å². The van der Waals surface area contributed by atoms with Gasteiger partial charge < -0.3 is 9.47 Å². The number of fused-ring (bicyclic) bond motifs is 1. The Balaban J connectivity index is 1.85. The second-order valence-corrected chi connectivity index (χ2v) is 6.85. The van der Waals surface area contributed by atoms with Gasteiger partial charge >= 0.3 is 0 Å². The Morgan fingerprint density at radius 2 is 1.20 bits per heavy atom. The van der Waals surface area contributed by atoms with E-state index in [1.165, 1.54) is 25.7 Å². The maximum absolute atomic E-state index is 6.05. The molecular formula is C22H31ClO2. The molecule has 0 N–H and O–H groups in total. The van der Waals surface area contributed by atoms with Crippen LogP contribution < -0.4 is 9.47 Å². The summed E-state index contributed by atoms with van der Waals surface area (Å²) in [7, 11) is 0. The molecule has 0 saturated heterocycles. The Bertz CT molecular complexity index is 612. The van der Waals surface area contributed by atoms with E-state index in [0.717, 1.165) is 67.0 Å². The molecule has 25 heavy (non-hydrogen) atoms. The summed E-state index contributed by atoms with van der Waals surface area (Å²) in [6.45, 7) is 3.72. The number of benzene rings is 2. The minimum atomic E-state index is 0.768. The molecule has 0 unspecified atom stereocenters. The van der Waals surface area contributed by atoms with Gasteiger partial charge in [-0.3, -0.25) is 0 Å². The van der Waals surface area contributed by atoms with Gasteiger partial charge in [-0.2, -0.15) is 0 Å². The maximum atomic E-state index is 6.05. The van der Waals surface area contributed by atoms with Gasteiger partial charge in [0.15, 0.2) is 0 Å². The van der Waals surface area contributed by atoms with Crippen LogP contribution in [-0.2, 0) is 0 Å². The lowest BCUT2D eigenvalue weighted by atomic mass is 10.1. The van der Waals surface area contributed by atoms with Crippen LogP contribution in [0.4, 0.5) is 0 Å². The van der Waals surface area contributed by atoms with Crippen molar-refractivity contribution in [1.82, 2.24) is 0 Å². The first kappa shape index (κ1) is 19.9. The summed E-state index contributed by atoms with van der Waals surface area (Å²) in [5.41, 5.74) is 0. The first-order chi connectivity index (χ1) is 12.4. The van der Waals surface area contributed by atoms with E-state index in [2.05, 4.69) is 31.2 Å². The van der Waals surface area contributed by atoms with E-state index >= 15 is 0 Å². The van der Waals surface area contributed by atoms with Gasteiger partial charge in [0.1, 0.15) is 11.5 Å². The predicted octanol–water partition coefficient (Wildman–Crippen LogP) is 6.98. The normalized spacial score (nSPS) is 11.0. The SMILES string of the molecule is CCCCOc1ccc(OCCCCCCCCCl)c2ccccc12. The van der Waals surface area contributed by atoms with E-state index < -0.39 is 0 Å². The highest BCUT2D eigenvalue weighted by molar-refractivity contribution is 6.17. The van der Waals surface area contributed by atoms with Crippen molar-refractivity contribution >= 4 is 22.4 Å². The van der Waals surface area contributed by atoms with Gasteiger partial charge in [0.05, 0.1) is 13.2 Å². The first-order valence-electron chi connectivity index (χ1n) is 9.70. The van der Waals surface area contributed by atoms with Gasteiger partial charge in [-0.05, 0) is 31.4 Å². The second-order valence-electron chi connectivity index (χ2n) is 6.47. The third-order valence-corrected chi connectivity index (χ3v) is 4.65. The molecule has 2 nitrogen and oxygen atoms in total. The molecule has 2 rings (SSSR count). The van der Waals surface area contributed by atoms with Crippen molar-refractivity contribution in [3.63, 3.8) is 0 Å². The standard InChI is InChI=1S/C22H31ClO2/c1-2-3-17-24-21-14-15-22(20-13-9-8-12-19(20)21)25-18-11-7-5-4-6-10-16-23/h8-9,12-15H,2-7,10-11,16-18H2,1H3. The summed E-state index contributed by atoms with van der Waals surface area (Å²) in [5, 5.41) is 2.27. The summed E-state index contributed by atoms with van der Waals surface area (Å²) in [5.74, 6) is 2.70. The zero-order chi connectivity index (χ0) is 17.7. The molecule has 2 aromatic rings. The zero-order valence-electron chi connectivity index (χ0n) is 15.4. The van der Waals surface area contributed by atoms with Crippen LogP contribution in [0, 0.1) is 0 Å². The largest absolute Gasteiger partial charge is 0.493 e. The predicted molar refractivity (Wildman–Crippen MR) is 108 cm³/mol.